The molecule has 2 aromatic rings. The third kappa shape index (κ3) is 3.85. The van der Waals surface area contributed by atoms with E-state index >= 15 is 0 Å². The molecule has 1 atom stereocenters. The number of aromatic nitrogens is 2. The molecule has 0 amide bonds. The minimum atomic E-state index is 0.143. The van der Waals surface area contributed by atoms with Crippen molar-refractivity contribution in [2.75, 3.05) is 13.1 Å². The van der Waals surface area contributed by atoms with Crippen molar-refractivity contribution in [3.63, 3.8) is 0 Å². The molecule has 0 radical (unpaired) electrons. The molecule has 2 heterocycles. The Hall–Kier alpha value is -1.59. The molecule has 0 aliphatic carbocycles. The fourth-order valence-corrected chi connectivity index (χ4v) is 3.02. The van der Waals surface area contributed by atoms with Crippen molar-refractivity contribution in [1.29, 1.82) is 0 Å². The standard InChI is InChI=1S/C17H22ClN3O2/c1-3-16-19-17(23-20-16)12(2)21-10-8-13(9-11-21)22-15-7-5-4-6-14(15)18/h4-7,12-13H,3,8-11H2,1-2H3. The van der Waals surface area contributed by atoms with Crippen molar-refractivity contribution in [3.8, 4) is 5.75 Å². The minimum absolute atomic E-state index is 0.143. The van der Waals surface area contributed by atoms with Gasteiger partial charge >= 0.3 is 0 Å². The van der Waals surface area contributed by atoms with Crippen LogP contribution in [0.15, 0.2) is 28.8 Å². The molecule has 124 valence electrons. The third-order valence-corrected chi connectivity index (χ3v) is 4.62. The SMILES string of the molecule is CCc1noc(C(C)N2CCC(Oc3ccccc3Cl)CC2)n1. The second-order valence-electron chi connectivity index (χ2n) is 5.86. The van der Waals surface area contributed by atoms with Gasteiger partial charge in [0.25, 0.3) is 0 Å². The first kappa shape index (κ1) is 16.3. The first-order valence-corrected chi connectivity index (χ1v) is 8.53. The van der Waals surface area contributed by atoms with E-state index in [1.807, 2.05) is 31.2 Å². The van der Waals surface area contributed by atoms with E-state index in [4.69, 9.17) is 20.9 Å². The van der Waals surface area contributed by atoms with Gasteiger partial charge in [-0.3, -0.25) is 4.90 Å². The summed E-state index contributed by atoms with van der Waals surface area (Å²) < 4.78 is 11.4. The van der Waals surface area contributed by atoms with Crippen LogP contribution >= 0.6 is 11.6 Å². The average Bonchev–Trinajstić information content (AvgIpc) is 3.06. The Bertz CT molecular complexity index is 638. The van der Waals surface area contributed by atoms with Gasteiger partial charge in [-0.25, -0.2) is 0 Å². The largest absolute Gasteiger partial charge is 0.489 e. The maximum absolute atomic E-state index is 6.16. The van der Waals surface area contributed by atoms with Gasteiger partial charge in [0.1, 0.15) is 11.9 Å². The summed E-state index contributed by atoms with van der Waals surface area (Å²) in [5.41, 5.74) is 0. The number of para-hydroxylation sites is 1. The molecular weight excluding hydrogens is 314 g/mol. The molecule has 1 aliphatic heterocycles. The topological polar surface area (TPSA) is 51.4 Å². The predicted molar refractivity (Wildman–Crippen MR) is 88.8 cm³/mol. The number of rotatable bonds is 5. The molecule has 1 saturated heterocycles. The van der Waals surface area contributed by atoms with Crippen LogP contribution in [0.5, 0.6) is 5.75 Å². The lowest BCUT2D eigenvalue weighted by atomic mass is 10.1. The highest BCUT2D eigenvalue weighted by Crippen LogP contribution is 2.29. The van der Waals surface area contributed by atoms with Crippen LogP contribution in [0, 0.1) is 0 Å². The molecule has 1 fully saturated rings. The molecule has 0 saturated carbocycles. The van der Waals surface area contributed by atoms with E-state index < -0.39 is 0 Å². The number of halogens is 1. The van der Waals surface area contributed by atoms with Gasteiger partial charge in [0.2, 0.25) is 5.89 Å². The van der Waals surface area contributed by atoms with Gasteiger partial charge in [-0.05, 0) is 31.9 Å². The van der Waals surface area contributed by atoms with Crippen LogP contribution in [0.1, 0.15) is 44.4 Å². The Labute approximate surface area is 141 Å². The van der Waals surface area contributed by atoms with E-state index in [0.717, 1.165) is 43.9 Å². The summed E-state index contributed by atoms with van der Waals surface area (Å²) in [6.45, 7) is 6.03. The highest BCUT2D eigenvalue weighted by atomic mass is 35.5. The van der Waals surface area contributed by atoms with Gasteiger partial charge in [0.15, 0.2) is 5.82 Å². The van der Waals surface area contributed by atoms with Crippen LogP contribution in [0.3, 0.4) is 0 Å². The van der Waals surface area contributed by atoms with E-state index in [1.54, 1.807) is 0 Å². The first-order chi connectivity index (χ1) is 11.2. The maximum atomic E-state index is 6.16. The lowest BCUT2D eigenvalue weighted by Gasteiger charge is -2.34. The van der Waals surface area contributed by atoms with Crippen molar-refractivity contribution in [1.82, 2.24) is 15.0 Å². The van der Waals surface area contributed by atoms with Crippen molar-refractivity contribution in [2.24, 2.45) is 0 Å². The highest BCUT2D eigenvalue weighted by Gasteiger charge is 2.27. The summed E-state index contributed by atoms with van der Waals surface area (Å²) in [6, 6.07) is 7.77. The normalized spacial score (nSPS) is 18.0. The molecule has 1 unspecified atom stereocenters. The van der Waals surface area contributed by atoms with Crippen LogP contribution in [-0.4, -0.2) is 34.2 Å². The molecule has 3 rings (SSSR count). The smallest absolute Gasteiger partial charge is 0.243 e. The van der Waals surface area contributed by atoms with Crippen LogP contribution in [-0.2, 0) is 6.42 Å². The summed E-state index contributed by atoms with van der Waals surface area (Å²) in [6.07, 6.45) is 2.92. The molecule has 0 N–H and O–H groups in total. The van der Waals surface area contributed by atoms with E-state index in [1.165, 1.54) is 0 Å². The summed E-state index contributed by atoms with van der Waals surface area (Å²) in [4.78, 5) is 6.79. The fourth-order valence-electron chi connectivity index (χ4n) is 2.84. The zero-order valence-electron chi connectivity index (χ0n) is 13.5. The van der Waals surface area contributed by atoms with Gasteiger partial charge < -0.3 is 9.26 Å². The van der Waals surface area contributed by atoms with E-state index in [0.29, 0.717) is 10.9 Å². The van der Waals surface area contributed by atoms with E-state index in [2.05, 4.69) is 22.0 Å². The quantitative estimate of drug-likeness (QED) is 0.829. The van der Waals surface area contributed by atoms with Crippen molar-refractivity contribution >= 4 is 11.6 Å². The van der Waals surface area contributed by atoms with Crippen LogP contribution in [0.4, 0.5) is 0 Å². The van der Waals surface area contributed by atoms with Crippen LogP contribution < -0.4 is 4.74 Å². The number of nitrogens with zero attached hydrogens (tertiary/aromatic N) is 3. The zero-order chi connectivity index (χ0) is 16.2. The Kier molecular flexibility index (Phi) is 5.18. The molecule has 1 aromatic heterocycles. The maximum Gasteiger partial charge on any atom is 0.243 e. The molecule has 6 heteroatoms. The Balaban J connectivity index is 1.54. The van der Waals surface area contributed by atoms with E-state index in [-0.39, 0.29) is 12.1 Å². The van der Waals surface area contributed by atoms with Gasteiger partial charge in [-0.2, -0.15) is 4.98 Å². The summed E-state index contributed by atoms with van der Waals surface area (Å²) in [5.74, 6) is 2.24. The summed E-state index contributed by atoms with van der Waals surface area (Å²) in [5, 5.41) is 4.65. The van der Waals surface area contributed by atoms with Gasteiger partial charge in [0, 0.05) is 19.5 Å². The first-order valence-electron chi connectivity index (χ1n) is 8.15. The van der Waals surface area contributed by atoms with Gasteiger partial charge in [-0.1, -0.05) is 35.8 Å². The van der Waals surface area contributed by atoms with Gasteiger partial charge in [0.05, 0.1) is 11.1 Å². The number of aryl methyl sites for hydroxylation is 1. The van der Waals surface area contributed by atoms with Crippen molar-refractivity contribution in [2.45, 2.75) is 45.3 Å². The van der Waals surface area contributed by atoms with Crippen LogP contribution in [0.25, 0.3) is 0 Å². The summed E-state index contributed by atoms with van der Waals surface area (Å²) >= 11 is 6.16. The van der Waals surface area contributed by atoms with E-state index in [9.17, 15) is 0 Å². The lowest BCUT2D eigenvalue weighted by molar-refractivity contribution is 0.0701. The number of hydrogen-bond donors (Lipinski definition) is 0. The van der Waals surface area contributed by atoms with Crippen molar-refractivity contribution < 1.29 is 9.26 Å². The second kappa shape index (κ2) is 7.32. The Morgan fingerprint density at radius 1 is 1.35 bits per heavy atom. The number of benzene rings is 1. The highest BCUT2D eigenvalue weighted by molar-refractivity contribution is 6.32. The number of likely N-dealkylation sites (tertiary alicyclic amines) is 1. The number of ether oxygens (including phenoxy) is 1. The lowest BCUT2D eigenvalue weighted by Crippen LogP contribution is -2.39. The van der Waals surface area contributed by atoms with Crippen LogP contribution in [0.2, 0.25) is 5.02 Å². The molecule has 0 bridgehead atoms. The molecule has 1 aromatic carbocycles. The molecule has 5 nitrogen and oxygen atoms in total. The minimum Gasteiger partial charge on any atom is -0.489 e. The molecular formula is C17H22ClN3O2. The second-order valence-corrected chi connectivity index (χ2v) is 6.27. The predicted octanol–water partition coefficient (Wildman–Crippen LogP) is 3.89. The Morgan fingerprint density at radius 3 is 2.74 bits per heavy atom. The number of hydrogen-bond acceptors (Lipinski definition) is 5. The monoisotopic (exact) mass is 335 g/mol. The van der Waals surface area contributed by atoms with Crippen molar-refractivity contribution in [3.05, 3.63) is 41.0 Å². The zero-order valence-corrected chi connectivity index (χ0v) is 14.3. The van der Waals surface area contributed by atoms with Gasteiger partial charge in [-0.15, -0.1) is 0 Å². The Morgan fingerprint density at radius 2 is 2.09 bits per heavy atom. The molecule has 1 aliphatic rings. The number of piperidine rings is 1. The molecule has 23 heavy (non-hydrogen) atoms. The molecule has 0 spiro atoms. The fraction of sp³-hybridized carbons (Fsp3) is 0.529. The third-order valence-electron chi connectivity index (χ3n) is 4.31. The average molecular weight is 336 g/mol. The summed E-state index contributed by atoms with van der Waals surface area (Å²) in [7, 11) is 0.